The van der Waals surface area contributed by atoms with Crippen LogP contribution in [0.25, 0.3) is 0 Å². The predicted molar refractivity (Wildman–Crippen MR) is 246 cm³/mol. The van der Waals surface area contributed by atoms with Crippen LogP contribution in [0.1, 0.15) is 200 Å². The van der Waals surface area contributed by atoms with Crippen LogP contribution in [-0.4, -0.2) is 82.3 Å². The van der Waals surface area contributed by atoms with E-state index < -0.39 is 24.3 Å². The van der Waals surface area contributed by atoms with Gasteiger partial charge in [-0.3, -0.25) is 9.59 Å². The molecule has 0 radical (unpaired) electrons. The number of aliphatic carboxylic acids is 1. The fourth-order valence-electron chi connectivity index (χ4n) is 6.46. The summed E-state index contributed by atoms with van der Waals surface area (Å²) in [5.74, 6) is -2.31. The molecule has 0 amide bonds. The summed E-state index contributed by atoms with van der Waals surface area (Å²) in [5, 5.41) is 11.7. The molecule has 2 atom stereocenters. The van der Waals surface area contributed by atoms with E-state index in [0.29, 0.717) is 17.4 Å². The van der Waals surface area contributed by atoms with Crippen molar-refractivity contribution in [2.24, 2.45) is 0 Å². The van der Waals surface area contributed by atoms with Gasteiger partial charge in [0, 0.05) is 12.8 Å². The normalized spacial score (nSPS) is 13.3. The number of carboxylic acid groups (broad SMARTS) is 1. The van der Waals surface area contributed by atoms with Crippen LogP contribution >= 0.6 is 0 Å². The average Bonchev–Trinajstić information content (AvgIpc) is 3.21. The third-order valence-corrected chi connectivity index (χ3v) is 10.3. The molecule has 348 valence electrons. The molecule has 0 spiro atoms. The van der Waals surface area contributed by atoms with Gasteiger partial charge in [-0.15, -0.1) is 0 Å². The van der Waals surface area contributed by atoms with Crippen molar-refractivity contribution in [3.05, 3.63) is 48.6 Å². The zero-order valence-electron chi connectivity index (χ0n) is 39.3. The third-order valence-electron chi connectivity index (χ3n) is 10.3. The van der Waals surface area contributed by atoms with Gasteiger partial charge < -0.3 is 33.3 Å². The SMILES string of the molecule is CCCC/C=C\C/C=C\CCCCCCCC(=O)OCC(COC(OCC[N+](C)(C)C)C(=O)[O-])OC(=O)CCCCCCCCCCC/C=C\C/C=C\CCCCCCC. The molecule has 0 aliphatic carbocycles. The number of nitrogens with zero attached hydrogens (tertiary/aromatic N) is 1. The van der Waals surface area contributed by atoms with Gasteiger partial charge in [-0.05, 0) is 70.6 Å². The molecule has 0 aromatic rings. The number of esters is 2. The van der Waals surface area contributed by atoms with Gasteiger partial charge in [0.1, 0.15) is 13.2 Å². The molecule has 2 unspecified atom stereocenters. The van der Waals surface area contributed by atoms with Crippen molar-refractivity contribution in [1.82, 2.24) is 0 Å². The first-order valence-electron chi connectivity index (χ1n) is 24.3. The van der Waals surface area contributed by atoms with E-state index in [4.69, 9.17) is 18.9 Å². The lowest BCUT2D eigenvalue weighted by Gasteiger charge is -2.26. The van der Waals surface area contributed by atoms with E-state index in [1.807, 2.05) is 21.1 Å². The fraction of sp³-hybridized carbons (Fsp3) is 0.784. The minimum absolute atomic E-state index is 0.143. The topological polar surface area (TPSA) is 111 Å². The zero-order valence-corrected chi connectivity index (χ0v) is 39.3. The predicted octanol–water partition coefficient (Wildman–Crippen LogP) is 11.8. The number of allylic oxidation sites excluding steroid dienone is 8. The summed E-state index contributed by atoms with van der Waals surface area (Å²) in [5.41, 5.74) is 0. The Morgan fingerprint density at radius 2 is 0.917 bits per heavy atom. The maximum Gasteiger partial charge on any atom is 0.306 e. The van der Waals surface area contributed by atoms with Crippen molar-refractivity contribution >= 4 is 17.9 Å². The lowest BCUT2D eigenvalue weighted by atomic mass is 10.1. The highest BCUT2D eigenvalue weighted by Gasteiger charge is 2.21. The Morgan fingerprint density at radius 1 is 0.500 bits per heavy atom. The molecule has 0 aliphatic heterocycles. The number of carbonyl (C=O) groups excluding carboxylic acids is 3. The third kappa shape index (κ3) is 43.3. The maximum absolute atomic E-state index is 12.8. The second kappa shape index (κ2) is 42.9. The van der Waals surface area contributed by atoms with Crippen LogP contribution in [0.15, 0.2) is 48.6 Å². The van der Waals surface area contributed by atoms with Crippen LogP contribution in [-0.2, 0) is 33.3 Å². The number of likely N-dealkylation sites (N-methyl/N-ethyl adjacent to an activating group) is 1. The quantitative estimate of drug-likeness (QED) is 0.0196. The molecular weight excluding hydrogens is 755 g/mol. The number of hydrogen-bond donors (Lipinski definition) is 0. The minimum Gasteiger partial charge on any atom is -0.545 e. The molecule has 0 aliphatic rings. The summed E-state index contributed by atoms with van der Waals surface area (Å²) in [6.07, 6.45) is 47.1. The maximum atomic E-state index is 12.8. The summed E-state index contributed by atoms with van der Waals surface area (Å²) in [6, 6.07) is 0. The second-order valence-electron chi connectivity index (χ2n) is 17.4. The van der Waals surface area contributed by atoms with Crippen molar-refractivity contribution < 1.29 is 42.9 Å². The molecule has 0 saturated heterocycles. The molecule has 0 aromatic carbocycles. The molecule has 0 aromatic heterocycles. The van der Waals surface area contributed by atoms with Gasteiger partial charge in [0.2, 0.25) is 0 Å². The number of hydrogen-bond acceptors (Lipinski definition) is 8. The lowest BCUT2D eigenvalue weighted by molar-refractivity contribution is -0.870. The summed E-state index contributed by atoms with van der Waals surface area (Å²) in [4.78, 5) is 37.0. The highest BCUT2D eigenvalue weighted by molar-refractivity contribution is 5.70. The Morgan fingerprint density at radius 3 is 1.37 bits per heavy atom. The van der Waals surface area contributed by atoms with Crippen molar-refractivity contribution in [2.45, 2.75) is 212 Å². The van der Waals surface area contributed by atoms with Gasteiger partial charge in [0.25, 0.3) is 0 Å². The van der Waals surface area contributed by atoms with E-state index in [-0.39, 0.29) is 38.6 Å². The number of rotatable bonds is 44. The van der Waals surface area contributed by atoms with Gasteiger partial charge in [-0.25, -0.2) is 0 Å². The van der Waals surface area contributed by atoms with Crippen LogP contribution in [0.2, 0.25) is 0 Å². The Balaban J connectivity index is 4.39. The van der Waals surface area contributed by atoms with Crippen LogP contribution in [0.5, 0.6) is 0 Å². The van der Waals surface area contributed by atoms with Crippen molar-refractivity contribution in [3.63, 3.8) is 0 Å². The molecule has 0 fully saturated rings. The summed E-state index contributed by atoms with van der Waals surface area (Å²) in [6.45, 7) is 4.67. The van der Waals surface area contributed by atoms with Gasteiger partial charge in [-0.1, -0.05) is 165 Å². The Kier molecular flexibility index (Phi) is 41.0. The molecule has 0 N–H and O–H groups in total. The molecule has 0 rings (SSSR count). The monoisotopic (exact) mass is 846 g/mol. The zero-order chi connectivity index (χ0) is 44.2. The van der Waals surface area contributed by atoms with Gasteiger partial charge in [0.15, 0.2) is 12.4 Å². The van der Waals surface area contributed by atoms with E-state index in [0.717, 1.165) is 83.5 Å². The number of quaternary nitrogens is 1. The van der Waals surface area contributed by atoms with E-state index in [2.05, 4.69) is 62.5 Å². The molecule has 0 heterocycles. The number of ether oxygens (including phenoxy) is 4. The van der Waals surface area contributed by atoms with Crippen LogP contribution in [0, 0.1) is 0 Å². The average molecular weight is 846 g/mol. The Hall–Kier alpha value is -2.75. The number of carbonyl (C=O) groups is 3. The molecule has 9 heteroatoms. The Labute approximate surface area is 368 Å². The van der Waals surface area contributed by atoms with Gasteiger partial charge >= 0.3 is 11.9 Å². The highest BCUT2D eigenvalue weighted by Crippen LogP contribution is 2.14. The fourth-order valence-corrected chi connectivity index (χ4v) is 6.46. The van der Waals surface area contributed by atoms with Crippen molar-refractivity contribution in [3.8, 4) is 0 Å². The largest absolute Gasteiger partial charge is 0.545 e. The van der Waals surface area contributed by atoms with E-state index >= 15 is 0 Å². The van der Waals surface area contributed by atoms with Crippen LogP contribution in [0.4, 0.5) is 0 Å². The second-order valence-corrected chi connectivity index (χ2v) is 17.4. The first-order valence-corrected chi connectivity index (χ1v) is 24.3. The van der Waals surface area contributed by atoms with Gasteiger partial charge in [0.05, 0.1) is 40.3 Å². The molecule has 0 bridgehead atoms. The van der Waals surface area contributed by atoms with Crippen LogP contribution in [0.3, 0.4) is 0 Å². The number of carboxylic acids is 1. The van der Waals surface area contributed by atoms with Crippen molar-refractivity contribution in [2.75, 3.05) is 47.5 Å². The summed E-state index contributed by atoms with van der Waals surface area (Å²) < 4.78 is 22.6. The highest BCUT2D eigenvalue weighted by atomic mass is 16.7. The van der Waals surface area contributed by atoms with Gasteiger partial charge in [-0.2, -0.15) is 0 Å². The smallest absolute Gasteiger partial charge is 0.306 e. The van der Waals surface area contributed by atoms with E-state index in [1.54, 1.807) is 0 Å². The lowest BCUT2D eigenvalue weighted by Crippen LogP contribution is -2.44. The van der Waals surface area contributed by atoms with E-state index in [1.165, 1.54) is 83.5 Å². The molecule has 60 heavy (non-hydrogen) atoms. The first-order chi connectivity index (χ1) is 29.1. The molecule has 9 nitrogen and oxygen atoms in total. The standard InChI is InChI=1S/C51H91NO8/c1-6-8-10-12-14-16-18-20-22-23-24-25-26-27-28-30-32-34-36-38-40-42-49(54)60-47(46-59-51(50(55)56)57-44-43-52(3,4)5)45-58-48(53)41-39-37-35-33-31-29-21-19-17-15-13-11-9-7-2/h13,15,18-21,23-24,47,51H,6-12,14,16-17,22,25-46H2,1-5H3/b15-13-,20-18-,21-19-,24-23-. The summed E-state index contributed by atoms with van der Waals surface area (Å²) >= 11 is 0. The molecular formula is C51H91NO8. The van der Waals surface area contributed by atoms with Crippen molar-refractivity contribution in [1.29, 1.82) is 0 Å². The number of unbranched alkanes of at least 4 members (excludes halogenated alkanes) is 21. The molecule has 0 saturated carbocycles. The minimum atomic E-state index is -1.62. The van der Waals surface area contributed by atoms with E-state index in [9.17, 15) is 19.5 Å². The first kappa shape index (κ1) is 57.2. The Bertz CT molecular complexity index is 1120. The van der Waals surface area contributed by atoms with Crippen LogP contribution < -0.4 is 5.11 Å². The summed E-state index contributed by atoms with van der Waals surface area (Å²) in [7, 11) is 5.90.